The van der Waals surface area contributed by atoms with E-state index < -0.39 is 0 Å². The average Bonchev–Trinajstić information content (AvgIpc) is 2.74. The van der Waals surface area contributed by atoms with Crippen LogP contribution in [-0.2, 0) is 0 Å². The van der Waals surface area contributed by atoms with Crippen LogP contribution >= 0.6 is 0 Å². The molecule has 1 saturated carbocycles. The van der Waals surface area contributed by atoms with Gasteiger partial charge in [0.05, 0.1) is 12.5 Å². The van der Waals surface area contributed by atoms with Crippen molar-refractivity contribution in [3.05, 3.63) is 18.2 Å². The number of aromatic amines is 1. The zero-order valence-electron chi connectivity index (χ0n) is 9.21. The summed E-state index contributed by atoms with van der Waals surface area (Å²) in [6.45, 7) is 4.49. The van der Waals surface area contributed by atoms with E-state index in [0.29, 0.717) is 17.2 Å². The van der Waals surface area contributed by atoms with Crippen LogP contribution in [0, 0.1) is 5.41 Å². The number of amides is 1. The van der Waals surface area contributed by atoms with Gasteiger partial charge in [0, 0.05) is 6.04 Å². The number of imidazole rings is 1. The third kappa shape index (κ3) is 2.37. The van der Waals surface area contributed by atoms with Crippen LogP contribution in [0.1, 0.15) is 43.6 Å². The van der Waals surface area contributed by atoms with Crippen molar-refractivity contribution in [2.24, 2.45) is 5.41 Å². The van der Waals surface area contributed by atoms with Crippen molar-refractivity contribution >= 4 is 5.91 Å². The van der Waals surface area contributed by atoms with Crippen molar-refractivity contribution in [1.29, 1.82) is 0 Å². The first-order valence-electron chi connectivity index (χ1n) is 5.36. The molecule has 1 aromatic rings. The van der Waals surface area contributed by atoms with Gasteiger partial charge < -0.3 is 10.3 Å². The number of H-pyrrole nitrogens is 1. The Bertz CT molecular complexity index is 343. The van der Waals surface area contributed by atoms with E-state index in [1.807, 2.05) is 0 Å². The lowest BCUT2D eigenvalue weighted by Gasteiger charge is -2.17. The van der Waals surface area contributed by atoms with Gasteiger partial charge in [-0.25, -0.2) is 4.98 Å². The molecule has 1 fully saturated rings. The molecular formula is C11H17N3O. The molecule has 2 rings (SSSR count). The predicted octanol–water partition coefficient (Wildman–Crippen LogP) is 1.72. The molecule has 1 aromatic heterocycles. The van der Waals surface area contributed by atoms with Gasteiger partial charge in [-0.05, 0) is 24.7 Å². The summed E-state index contributed by atoms with van der Waals surface area (Å²) in [7, 11) is 0. The van der Waals surface area contributed by atoms with Crippen molar-refractivity contribution in [2.45, 2.75) is 39.2 Å². The fourth-order valence-corrected chi connectivity index (χ4v) is 2.20. The predicted molar refractivity (Wildman–Crippen MR) is 57.5 cm³/mol. The third-order valence-electron chi connectivity index (χ3n) is 3.05. The Balaban J connectivity index is 1.91. The smallest absolute Gasteiger partial charge is 0.269 e. The number of hydrogen-bond acceptors (Lipinski definition) is 2. The van der Waals surface area contributed by atoms with E-state index in [4.69, 9.17) is 0 Å². The Labute approximate surface area is 89.5 Å². The number of nitrogens with zero attached hydrogens (tertiary/aromatic N) is 1. The molecule has 1 aliphatic carbocycles. The van der Waals surface area contributed by atoms with E-state index in [2.05, 4.69) is 29.1 Å². The van der Waals surface area contributed by atoms with Crippen LogP contribution in [-0.4, -0.2) is 21.9 Å². The zero-order chi connectivity index (χ0) is 10.9. The lowest BCUT2D eigenvalue weighted by Crippen LogP contribution is -2.33. The van der Waals surface area contributed by atoms with Gasteiger partial charge in [0.25, 0.3) is 5.91 Å². The summed E-state index contributed by atoms with van der Waals surface area (Å²) in [6.07, 6.45) is 6.39. The highest BCUT2D eigenvalue weighted by Gasteiger charge is 2.31. The van der Waals surface area contributed by atoms with Crippen LogP contribution in [0.5, 0.6) is 0 Å². The van der Waals surface area contributed by atoms with E-state index >= 15 is 0 Å². The molecule has 1 atom stereocenters. The molecule has 1 amide bonds. The highest BCUT2D eigenvalue weighted by molar-refractivity contribution is 5.92. The molecule has 4 heteroatoms. The van der Waals surface area contributed by atoms with E-state index in [1.165, 1.54) is 12.7 Å². The lowest BCUT2D eigenvalue weighted by atomic mass is 9.92. The quantitative estimate of drug-likeness (QED) is 0.775. The maximum absolute atomic E-state index is 11.7. The maximum atomic E-state index is 11.7. The van der Waals surface area contributed by atoms with Crippen LogP contribution in [0.2, 0.25) is 0 Å². The molecule has 0 bridgehead atoms. The highest BCUT2D eigenvalue weighted by atomic mass is 16.1. The normalized spacial score (nSPS) is 24.0. The first-order valence-corrected chi connectivity index (χ1v) is 5.36. The summed E-state index contributed by atoms with van der Waals surface area (Å²) in [5.74, 6) is -0.0461. The maximum Gasteiger partial charge on any atom is 0.269 e. The minimum Gasteiger partial charge on any atom is -0.348 e. The van der Waals surface area contributed by atoms with Gasteiger partial charge in [-0.3, -0.25) is 4.79 Å². The van der Waals surface area contributed by atoms with Gasteiger partial charge in [0.15, 0.2) is 0 Å². The van der Waals surface area contributed by atoms with Crippen molar-refractivity contribution in [3.8, 4) is 0 Å². The molecular weight excluding hydrogens is 190 g/mol. The molecule has 82 valence electrons. The molecule has 15 heavy (non-hydrogen) atoms. The van der Waals surface area contributed by atoms with E-state index in [0.717, 1.165) is 12.8 Å². The van der Waals surface area contributed by atoms with Crippen LogP contribution in [0.25, 0.3) is 0 Å². The topological polar surface area (TPSA) is 57.8 Å². The molecule has 0 aromatic carbocycles. The van der Waals surface area contributed by atoms with Gasteiger partial charge in [-0.1, -0.05) is 13.8 Å². The van der Waals surface area contributed by atoms with Gasteiger partial charge >= 0.3 is 0 Å². The Morgan fingerprint density at radius 3 is 3.00 bits per heavy atom. The monoisotopic (exact) mass is 207 g/mol. The second kappa shape index (κ2) is 3.68. The average molecular weight is 207 g/mol. The molecule has 0 aliphatic heterocycles. The Morgan fingerprint density at radius 2 is 2.47 bits per heavy atom. The Hall–Kier alpha value is -1.32. The second-order valence-corrected chi connectivity index (χ2v) is 5.04. The summed E-state index contributed by atoms with van der Waals surface area (Å²) in [5, 5.41) is 3.03. The molecule has 0 spiro atoms. The standard InChI is InChI=1S/C11H17N3O/c1-11(2)4-3-8(5-11)14-10(15)9-6-12-7-13-9/h6-8H,3-5H2,1-2H3,(H,12,13)(H,14,15). The van der Waals surface area contributed by atoms with E-state index in [1.54, 1.807) is 6.20 Å². The zero-order valence-corrected chi connectivity index (χ0v) is 9.21. The summed E-state index contributed by atoms with van der Waals surface area (Å²) in [5.41, 5.74) is 0.908. The SMILES string of the molecule is CC1(C)CCC(NC(=O)c2cnc[nH]2)C1. The number of hydrogen-bond donors (Lipinski definition) is 2. The van der Waals surface area contributed by atoms with E-state index in [9.17, 15) is 4.79 Å². The van der Waals surface area contributed by atoms with Crippen molar-refractivity contribution in [3.63, 3.8) is 0 Å². The fourth-order valence-electron chi connectivity index (χ4n) is 2.20. The highest BCUT2D eigenvalue weighted by Crippen LogP contribution is 2.36. The largest absolute Gasteiger partial charge is 0.348 e. The molecule has 4 nitrogen and oxygen atoms in total. The van der Waals surface area contributed by atoms with Gasteiger partial charge in [-0.15, -0.1) is 0 Å². The minimum atomic E-state index is -0.0461. The summed E-state index contributed by atoms with van der Waals surface area (Å²) < 4.78 is 0. The van der Waals surface area contributed by atoms with Crippen LogP contribution in [0.4, 0.5) is 0 Å². The number of rotatable bonds is 2. The van der Waals surface area contributed by atoms with Crippen LogP contribution in [0.3, 0.4) is 0 Å². The van der Waals surface area contributed by atoms with Crippen LogP contribution in [0.15, 0.2) is 12.5 Å². The second-order valence-electron chi connectivity index (χ2n) is 5.04. The number of carbonyl (C=O) groups excluding carboxylic acids is 1. The number of nitrogens with one attached hydrogen (secondary N) is 2. The first-order chi connectivity index (χ1) is 7.07. The molecule has 2 N–H and O–H groups in total. The van der Waals surface area contributed by atoms with E-state index in [-0.39, 0.29) is 5.91 Å². The van der Waals surface area contributed by atoms with Gasteiger partial charge in [-0.2, -0.15) is 0 Å². The third-order valence-corrected chi connectivity index (χ3v) is 3.05. The molecule has 0 radical (unpaired) electrons. The molecule has 1 heterocycles. The van der Waals surface area contributed by atoms with Crippen molar-refractivity contribution in [2.75, 3.05) is 0 Å². The molecule has 1 unspecified atom stereocenters. The van der Waals surface area contributed by atoms with Gasteiger partial charge in [0.2, 0.25) is 0 Å². The molecule has 0 saturated heterocycles. The Kier molecular flexibility index (Phi) is 2.50. The summed E-state index contributed by atoms with van der Waals surface area (Å²) in [6, 6.07) is 0.316. The fraction of sp³-hybridized carbons (Fsp3) is 0.636. The first kappa shape index (κ1) is 10.2. The van der Waals surface area contributed by atoms with Crippen molar-refractivity contribution < 1.29 is 4.79 Å². The number of carbonyl (C=O) groups is 1. The Morgan fingerprint density at radius 1 is 1.67 bits per heavy atom. The van der Waals surface area contributed by atoms with Crippen LogP contribution < -0.4 is 5.32 Å². The lowest BCUT2D eigenvalue weighted by molar-refractivity contribution is 0.0931. The van der Waals surface area contributed by atoms with Crippen molar-refractivity contribution in [1.82, 2.24) is 15.3 Å². The number of aromatic nitrogens is 2. The summed E-state index contributed by atoms with van der Waals surface area (Å²) >= 11 is 0. The minimum absolute atomic E-state index is 0.0461. The van der Waals surface area contributed by atoms with Gasteiger partial charge in [0.1, 0.15) is 5.69 Å². The molecule has 1 aliphatic rings. The summed E-state index contributed by atoms with van der Waals surface area (Å²) in [4.78, 5) is 18.3.